The number of amides is 1. The predicted octanol–water partition coefficient (Wildman–Crippen LogP) is 5.42. The molecule has 0 aliphatic carbocycles. The van der Waals surface area contributed by atoms with Gasteiger partial charge in [0.15, 0.2) is 5.76 Å². The second-order valence-corrected chi connectivity index (χ2v) is 8.82. The molecule has 0 spiro atoms. The molecule has 2 aromatic carbocycles. The molecule has 2 N–H and O–H groups in total. The lowest BCUT2D eigenvalue weighted by atomic mass is 9.81. The van der Waals surface area contributed by atoms with Gasteiger partial charge in [-0.2, -0.15) is 0 Å². The summed E-state index contributed by atoms with van der Waals surface area (Å²) in [5.41, 5.74) is 3.07. The van der Waals surface area contributed by atoms with E-state index < -0.39 is 12.1 Å². The van der Waals surface area contributed by atoms with Crippen LogP contribution in [0, 0.1) is 0 Å². The zero-order chi connectivity index (χ0) is 23.3. The van der Waals surface area contributed by atoms with Crippen molar-refractivity contribution in [3.63, 3.8) is 0 Å². The Bertz CT molecular complexity index is 1040. The fraction of sp³-hybridized carbons (Fsp3) is 0.370. The Labute approximate surface area is 190 Å². The van der Waals surface area contributed by atoms with Gasteiger partial charge in [-0.1, -0.05) is 63.2 Å². The monoisotopic (exact) mass is 435 g/mol. The van der Waals surface area contributed by atoms with Crippen molar-refractivity contribution in [2.24, 2.45) is 0 Å². The van der Waals surface area contributed by atoms with E-state index in [4.69, 9.17) is 9.15 Å². The molecule has 170 valence electrons. The topological polar surface area (TPSA) is 71.7 Å². The first-order valence-corrected chi connectivity index (χ1v) is 11.0. The van der Waals surface area contributed by atoms with E-state index in [-0.39, 0.29) is 17.1 Å². The smallest absolute Gasteiger partial charge is 0.287 e. The molecule has 0 saturated carbocycles. The largest absolute Gasteiger partial charge is 0.496 e. The van der Waals surface area contributed by atoms with Gasteiger partial charge in [0.05, 0.1) is 19.3 Å². The summed E-state index contributed by atoms with van der Waals surface area (Å²) in [7, 11) is 1.66. The van der Waals surface area contributed by atoms with Gasteiger partial charge in [-0.3, -0.25) is 4.79 Å². The van der Waals surface area contributed by atoms with Crippen molar-refractivity contribution in [1.82, 2.24) is 5.32 Å². The lowest BCUT2D eigenvalue weighted by Gasteiger charge is -2.24. The molecule has 0 unspecified atom stereocenters. The average Bonchev–Trinajstić information content (AvgIpc) is 3.27. The zero-order valence-corrected chi connectivity index (χ0v) is 19.5. The van der Waals surface area contributed by atoms with Gasteiger partial charge in [-0.05, 0) is 48.1 Å². The Hall–Kier alpha value is -3.05. The number of aliphatic hydroxyl groups excluding tert-OH is 1. The van der Waals surface area contributed by atoms with Crippen molar-refractivity contribution in [3.8, 4) is 5.75 Å². The zero-order valence-electron chi connectivity index (χ0n) is 19.5. The minimum absolute atomic E-state index is 0.0605. The number of ether oxygens (including phenoxy) is 1. The Balaban J connectivity index is 1.72. The number of benzene rings is 2. The molecule has 3 aromatic rings. The van der Waals surface area contributed by atoms with Crippen LogP contribution in [0.25, 0.3) is 0 Å². The summed E-state index contributed by atoms with van der Waals surface area (Å²) in [5, 5.41) is 13.3. The first-order valence-electron chi connectivity index (χ1n) is 11.0. The first-order chi connectivity index (χ1) is 15.2. The summed E-state index contributed by atoms with van der Waals surface area (Å²) in [5.74, 6) is 1.33. The van der Waals surface area contributed by atoms with Crippen LogP contribution in [-0.2, 0) is 11.8 Å². The van der Waals surface area contributed by atoms with E-state index in [0.29, 0.717) is 12.2 Å². The number of rotatable bonds is 9. The highest BCUT2D eigenvalue weighted by Crippen LogP contribution is 2.32. The first kappa shape index (κ1) is 23.6. The Morgan fingerprint density at radius 2 is 1.84 bits per heavy atom. The van der Waals surface area contributed by atoms with Gasteiger partial charge in [0, 0.05) is 12.0 Å². The van der Waals surface area contributed by atoms with Gasteiger partial charge in [-0.15, -0.1) is 0 Å². The normalized spacial score (nSPS) is 13.4. The van der Waals surface area contributed by atoms with E-state index in [1.807, 2.05) is 42.5 Å². The molecular formula is C27H33NO4. The van der Waals surface area contributed by atoms with Gasteiger partial charge in [0.1, 0.15) is 11.5 Å². The number of carbonyl (C=O) groups excluding carboxylic acids is 1. The molecule has 0 bridgehead atoms. The molecule has 1 aromatic heterocycles. The Morgan fingerprint density at radius 3 is 2.50 bits per heavy atom. The highest BCUT2D eigenvalue weighted by atomic mass is 16.5. The van der Waals surface area contributed by atoms with E-state index in [9.17, 15) is 9.90 Å². The van der Waals surface area contributed by atoms with Crippen molar-refractivity contribution < 1.29 is 19.1 Å². The third-order valence-electron chi connectivity index (χ3n) is 6.17. The maximum absolute atomic E-state index is 12.7. The average molecular weight is 436 g/mol. The molecule has 2 atom stereocenters. The summed E-state index contributed by atoms with van der Waals surface area (Å²) in [6.45, 7) is 8.39. The minimum atomic E-state index is -0.802. The number of carbonyl (C=O) groups is 1. The molecule has 0 saturated heterocycles. The van der Waals surface area contributed by atoms with Gasteiger partial charge >= 0.3 is 0 Å². The highest BCUT2D eigenvalue weighted by molar-refractivity contribution is 5.91. The van der Waals surface area contributed by atoms with E-state index in [0.717, 1.165) is 23.3 Å². The maximum Gasteiger partial charge on any atom is 0.287 e. The molecule has 1 heterocycles. The molecule has 0 radical (unpaired) electrons. The van der Waals surface area contributed by atoms with Gasteiger partial charge in [-0.25, -0.2) is 0 Å². The quantitative estimate of drug-likeness (QED) is 0.471. The van der Waals surface area contributed by atoms with Crippen LogP contribution in [0.2, 0.25) is 0 Å². The molecule has 0 aliphatic heterocycles. The van der Waals surface area contributed by atoms with Crippen LogP contribution < -0.4 is 10.1 Å². The molecular weight excluding hydrogens is 402 g/mol. The van der Waals surface area contributed by atoms with Crippen molar-refractivity contribution in [2.45, 2.75) is 58.1 Å². The van der Waals surface area contributed by atoms with Crippen LogP contribution in [-0.4, -0.2) is 24.2 Å². The second kappa shape index (κ2) is 10.0. The van der Waals surface area contributed by atoms with Crippen LogP contribution >= 0.6 is 0 Å². The molecule has 1 amide bonds. The van der Waals surface area contributed by atoms with Crippen LogP contribution in [0.5, 0.6) is 5.75 Å². The lowest BCUT2D eigenvalue weighted by Crippen LogP contribution is -2.36. The fourth-order valence-corrected chi connectivity index (χ4v) is 3.62. The van der Waals surface area contributed by atoms with E-state index in [1.165, 1.54) is 5.56 Å². The van der Waals surface area contributed by atoms with Gasteiger partial charge < -0.3 is 19.6 Å². The number of hydrogen-bond acceptors (Lipinski definition) is 4. The Morgan fingerprint density at radius 1 is 1.12 bits per heavy atom. The number of methoxy groups -OCH3 is 1. The number of furan rings is 1. The van der Waals surface area contributed by atoms with Crippen molar-refractivity contribution in [1.29, 1.82) is 0 Å². The fourth-order valence-electron chi connectivity index (χ4n) is 3.62. The van der Waals surface area contributed by atoms with Crippen molar-refractivity contribution in [3.05, 3.63) is 88.9 Å². The maximum atomic E-state index is 12.7. The van der Waals surface area contributed by atoms with Crippen molar-refractivity contribution >= 4 is 5.91 Å². The molecule has 32 heavy (non-hydrogen) atoms. The van der Waals surface area contributed by atoms with E-state index in [1.54, 1.807) is 20.1 Å². The molecule has 0 fully saturated rings. The van der Waals surface area contributed by atoms with Crippen LogP contribution in [0.4, 0.5) is 0 Å². The third kappa shape index (κ3) is 5.40. The summed E-state index contributed by atoms with van der Waals surface area (Å²) in [6, 6.07) is 18.5. The third-order valence-corrected chi connectivity index (χ3v) is 6.17. The number of hydrogen-bond donors (Lipinski definition) is 2. The summed E-state index contributed by atoms with van der Waals surface area (Å²) in [6.07, 6.45) is 0.742. The summed E-state index contributed by atoms with van der Waals surface area (Å²) >= 11 is 0. The Kier molecular flexibility index (Phi) is 7.41. The number of aliphatic hydroxyl groups is 1. The van der Waals surface area contributed by atoms with E-state index in [2.05, 4.69) is 38.2 Å². The van der Waals surface area contributed by atoms with Crippen LogP contribution in [0.15, 0.2) is 65.1 Å². The second-order valence-electron chi connectivity index (χ2n) is 8.82. The van der Waals surface area contributed by atoms with Crippen molar-refractivity contribution in [2.75, 3.05) is 7.11 Å². The van der Waals surface area contributed by atoms with Crippen LogP contribution in [0.3, 0.4) is 0 Å². The van der Waals surface area contributed by atoms with Crippen LogP contribution in [0.1, 0.15) is 73.2 Å². The standard InChI is InChI=1S/C27H33NO4/c1-6-27(3,4)21-12-14-23(31-5)20(16-21)17-22-13-15-24(32-22)26(30)28-18(2)25(29)19-10-8-7-9-11-19/h7-16,18,25,29H,6,17H2,1-5H3,(H,28,30)/t18-,25-/m0/s1. The predicted molar refractivity (Wildman–Crippen MR) is 126 cm³/mol. The highest BCUT2D eigenvalue weighted by Gasteiger charge is 2.22. The minimum Gasteiger partial charge on any atom is -0.496 e. The lowest BCUT2D eigenvalue weighted by molar-refractivity contribution is 0.0824. The molecule has 3 rings (SSSR count). The van der Waals surface area contributed by atoms with E-state index >= 15 is 0 Å². The molecule has 0 aliphatic rings. The summed E-state index contributed by atoms with van der Waals surface area (Å²) in [4.78, 5) is 12.7. The summed E-state index contributed by atoms with van der Waals surface area (Å²) < 4.78 is 11.4. The molecule has 5 heteroatoms. The SMILES string of the molecule is CCC(C)(C)c1ccc(OC)c(Cc2ccc(C(=O)N[C@@H](C)[C@H](O)c3ccccc3)o2)c1. The number of nitrogens with one attached hydrogen (secondary N) is 1. The van der Waals surface area contributed by atoms with Gasteiger partial charge in [0.25, 0.3) is 5.91 Å². The van der Waals surface area contributed by atoms with Gasteiger partial charge in [0.2, 0.25) is 0 Å². The molecule has 5 nitrogen and oxygen atoms in total.